The molecule has 1 aromatic heterocycles. The molecule has 0 saturated heterocycles. The molecule has 0 unspecified atom stereocenters. The van der Waals surface area contributed by atoms with Crippen LogP contribution in [0.5, 0.6) is 0 Å². The van der Waals surface area contributed by atoms with Crippen LogP contribution in [-0.4, -0.2) is 31.4 Å². The number of carbonyl (C=O) groups is 1. The summed E-state index contributed by atoms with van der Waals surface area (Å²) in [6.45, 7) is 12.2. The van der Waals surface area contributed by atoms with E-state index in [0.29, 0.717) is 11.1 Å². The molecule has 0 spiro atoms. The summed E-state index contributed by atoms with van der Waals surface area (Å²) >= 11 is 1.34. The average molecular weight is 410 g/mol. The number of amides is 1. The van der Waals surface area contributed by atoms with E-state index in [1.807, 2.05) is 32.9 Å². The van der Waals surface area contributed by atoms with Crippen LogP contribution in [0.1, 0.15) is 48.9 Å². The Kier molecular flexibility index (Phi) is 6.37. The molecular weight excluding hydrogens is 382 g/mol. The van der Waals surface area contributed by atoms with Crippen molar-refractivity contribution in [3.05, 3.63) is 58.7 Å². The molecule has 0 fully saturated rings. The molecule has 0 aliphatic rings. The van der Waals surface area contributed by atoms with Crippen molar-refractivity contribution in [3.63, 3.8) is 0 Å². The van der Waals surface area contributed by atoms with E-state index in [1.165, 1.54) is 22.9 Å². The minimum absolute atomic E-state index is 0.0743. The highest BCUT2D eigenvalue weighted by atomic mass is 32.2. The fourth-order valence-corrected chi connectivity index (χ4v) is 4.04. The number of nitrogens with one attached hydrogen (secondary N) is 1. The summed E-state index contributed by atoms with van der Waals surface area (Å²) in [7, 11) is 0. The van der Waals surface area contributed by atoms with Gasteiger partial charge in [-0.1, -0.05) is 55.4 Å². The van der Waals surface area contributed by atoms with Gasteiger partial charge in [-0.3, -0.25) is 4.79 Å². The first kappa shape index (κ1) is 21.0. The zero-order chi connectivity index (χ0) is 21.1. The third-order valence-corrected chi connectivity index (χ3v) is 5.85. The number of thioether (sulfide) groups is 1. The van der Waals surface area contributed by atoms with E-state index in [9.17, 15) is 4.79 Å². The Morgan fingerprint density at radius 3 is 2.24 bits per heavy atom. The van der Waals surface area contributed by atoms with E-state index in [0.717, 1.165) is 22.5 Å². The predicted molar refractivity (Wildman–Crippen MR) is 118 cm³/mol. The fourth-order valence-electron chi connectivity index (χ4n) is 3.23. The molecule has 3 aromatic rings. The van der Waals surface area contributed by atoms with E-state index in [-0.39, 0.29) is 11.2 Å². The molecule has 0 bridgehead atoms. The minimum Gasteiger partial charge on any atom is -0.325 e. The number of aromatic nitrogens is 4. The number of carbonyl (C=O) groups excluding carboxylic acids is 1. The van der Waals surface area contributed by atoms with Crippen molar-refractivity contribution in [2.75, 3.05) is 5.32 Å². The van der Waals surface area contributed by atoms with E-state index < -0.39 is 0 Å². The molecule has 7 heteroatoms. The van der Waals surface area contributed by atoms with Crippen LogP contribution in [0.4, 0.5) is 5.69 Å². The molecule has 1 N–H and O–H groups in total. The molecule has 3 rings (SSSR count). The van der Waals surface area contributed by atoms with Gasteiger partial charge >= 0.3 is 0 Å². The number of aryl methyl sites for hydroxylation is 3. The van der Waals surface area contributed by atoms with Crippen molar-refractivity contribution >= 4 is 23.4 Å². The quantitative estimate of drug-likeness (QED) is 0.590. The molecule has 1 atom stereocenters. The Labute approximate surface area is 176 Å². The SMILES string of the molecule is Cc1cc(C)c(NC(=O)[C@H](C)Sc2nnnn2-c2ccc(C(C)C)cc2)c(C)c1. The third-order valence-electron chi connectivity index (χ3n) is 4.82. The summed E-state index contributed by atoms with van der Waals surface area (Å²) < 4.78 is 1.67. The van der Waals surface area contributed by atoms with Gasteiger partial charge in [-0.15, -0.1) is 5.10 Å². The van der Waals surface area contributed by atoms with Gasteiger partial charge in [-0.2, -0.15) is 4.68 Å². The minimum atomic E-state index is -0.352. The van der Waals surface area contributed by atoms with Gasteiger partial charge in [-0.25, -0.2) is 0 Å². The highest BCUT2D eigenvalue weighted by Crippen LogP contribution is 2.27. The number of nitrogens with zero attached hydrogens (tertiary/aromatic N) is 4. The standard InChI is InChI=1S/C22H27N5OS/c1-13(2)18-7-9-19(10-8-18)27-22(24-25-26-27)29-17(6)21(28)23-20-15(4)11-14(3)12-16(20)5/h7-13,17H,1-6H3,(H,23,28)/t17-/m0/s1. The van der Waals surface area contributed by atoms with E-state index in [2.05, 4.69) is 65.9 Å². The van der Waals surface area contributed by atoms with Gasteiger partial charge in [0.1, 0.15) is 0 Å². The van der Waals surface area contributed by atoms with Crippen molar-refractivity contribution in [2.45, 2.75) is 57.9 Å². The van der Waals surface area contributed by atoms with Crippen LogP contribution < -0.4 is 5.32 Å². The van der Waals surface area contributed by atoms with E-state index >= 15 is 0 Å². The van der Waals surface area contributed by atoms with Gasteiger partial charge in [0.15, 0.2) is 0 Å². The van der Waals surface area contributed by atoms with Gasteiger partial charge in [0.05, 0.1) is 10.9 Å². The molecule has 29 heavy (non-hydrogen) atoms. The van der Waals surface area contributed by atoms with Crippen LogP contribution in [0.3, 0.4) is 0 Å². The molecule has 1 amide bonds. The maximum absolute atomic E-state index is 12.8. The summed E-state index contributed by atoms with van der Waals surface area (Å²) in [6.07, 6.45) is 0. The second kappa shape index (κ2) is 8.78. The Morgan fingerprint density at radius 1 is 1.03 bits per heavy atom. The summed E-state index contributed by atoms with van der Waals surface area (Å²) in [5, 5.41) is 15.3. The lowest BCUT2D eigenvalue weighted by Crippen LogP contribution is -2.24. The van der Waals surface area contributed by atoms with Crippen LogP contribution >= 0.6 is 11.8 Å². The lowest BCUT2D eigenvalue weighted by molar-refractivity contribution is -0.115. The van der Waals surface area contributed by atoms with Crippen LogP contribution in [-0.2, 0) is 4.79 Å². The average Bonchev–Trinajstić information content (AvgIpc) is 3.12. The Balaban J connectivity index is 1.74. The van der Waals surface area contributed by atoms with Crippen LogP contribution in [0, 0.1) is 20.8 Å². The van der Waals surface area contributed by atoms with Crippen molar-refractivity contribution in [1.82, 2.24) is 20.2 Å². The zero-order valence-corrected chi connectivity index (χ0v) is 18.5. The molecule has 152 valence electrons. The van der Waals surface area contributed by atoms with Crippen LogP contribution in [0.15, 0.2) is 41.6 Å². The van der Waals surface area contributed by atoms with Crippen LogP contribution in [0.25, 0.3) is 5.69 Å². The van der Waals surface area contributed by atoms with E-state index in [1.54, 1.807) is 4.68 Å². The van der Waals surface area contributed by atoms with Gasteiger partial charge in [0.25, 0.3) is 0 Å². The number of hydrogen-bond acceptors (Lipinski definition) is 5. The zero-order valence-electron chi connectivity index (χ0n) is 17.7. The molecule has 1 heterocycles. The second-order valence-corrected chi connectivity index (χ2v) is 8.95. The van der Waals surface area contributed by atoms with Crippen molar-refractivity contribution in [2.24, 2.45) is 0 Å². The highest BCUT2D eigenvalue weighted by molar-refractivity contribution is 8.00. The summed E-state index contributed by atoms with van der Waals surface area (Å²) in [4.78, 5) is 12.8. The number of rotatable bonds is 6. The largest absolute Gasteiger partial charge is 0.325 e. The number of hydrogen-bond donors (Lipinski definition) is 1. The lowest BCUT2D eigenvalue weighted by atomic mass is 10.0. The molecular formula is C22H27N5OS. The summed E-state index contributed by atoms with van der Waals surface area (Å²) in [5.74, 6) is 0.388. The Hall–Kier alpha value is -2.67. The first-order valence-electron chi connectivity index (χ1n) is 9.70. The molecule has 0 radical (unpaired) electrons. The molecule has 6 nitrogen and oxygen atoms in total. The monoisotopic (exact) mass is 409 g/mol. The highest BCUT2D eigenvalue weighted by Gasteiger charge is 2.20. The van der Waals surface area contributed by atoms with Crippen molar-refractivity contribution in [3.8, 4) is 5.69 Å². The number of benzene rings is 2. The molecule has 0 saturated carbocycles. The maximum atomic E-state index is 12.8. The Bertz CT molecular complexity index is 987. The van der Waals surface area contributed by atoms with Gasteiger partial charge in [0.2, 0.25) is 11.1 Å². The van der Waals surface area contributed by atoms with Crippen LogP contribution in [0.2, 0.25) is 0 Å². The van der Waals surface area contributed by atoms with Gasteiger partial charge in [0, 0.05) is 5.69 Å². The maximum Gasteiger partial charge on any atom is 0.237 e. The second-order valence-electron chi connectivity index (χ2n) is 7.64. The number of tetrazole rings is 1. The first-order valence-corrected chi connectivity index (χ1v) is 10.6. The summed E-state index contributed by atoms with van der Waals surface area (Å²) in [5.41, 5.74) is 6.30. The normalized spacial score (nSPS) is 12.2. The molecule has 0 aliphatic carbocycles. The Morgan fingerprint density at radius 2 is 1.66 bits per heavy atom. The third kappa shape index (κ3) is 4.85. The number of anilines is 1. The van der Waals surface area contributed by atoms with Crippen molar-refractivity contribution in [1.29, 1.82) is 0 Å². The van der Waals surface area contributed by atoms with Crippen molar-refractivity contribution < 1.29 is 4.79 Å². The van der Waals surface area contributed by atoms with Gasteiger partial charge in [-0.05, 0) is 72.9 Å². The lowest BCUT2D eigenvalue weighted by Gasteiger charge is -2.16. The molecule has 2 aromatic carbocycles. The van der Waals surface area contributed by atoms with Gasteiger partial charge < -0.3 is 5.32 Å². The topological polar surface area (TPSA) is 72.7 Å². The molecule has 0 aliphatic heterocycles. The summed E-state index contributed by atoms with van der Waals surface area (Å²) in [6, 6.07) is 12.3. The fraction of sp³-hybridized carbons (Fsp3) is 0.364. The first-order chi connectivity index (χ1) is 13.8. The smallest absolute Gasteiger partial charge is 0.237 e. The predicted octanol–water partition coefficient (Wildman–Crippen LogP) is 4.83. The van der Waals surface area contributed by atoms with E-state index in [4.69, 9.17) is 0 Å².